The molecule has 8 nitrogen and oxygen atoms in total. The highest BCUT2D eigenvalue weighted by molar-refractivity contribution is 7.92. The van der Waals surface area contributed by atoms with Crippen LogP contribution < -0.4 is 10.0 Å². The van der Waals surface area contributed by atoms with Crippen molar-refractivity contribution < 1.29 is 27.9 Å². The van der Waals surface area contributed by atoms with Crippen LogP contribution in [0.5, 0.6) is 0 Å². The Morgan fingerprint density at radius 3 is 2.41 bits per heavy atom. The molecule has 0 saturated carbocycles. The summed E-state index contributed by atoms with van der Waals surface area (Å²) in [6, 6.07) is 10.9. The number of aryl methyl sites for hydroxylation is 1. The van der Waals surface area contributed by atoms with Crippen molar-refractivity contribution in [2.24, 2.45) is 0 Å². The Morgan fingerprint density at radius 1 is 1.15 bits per heavy atom. The molecule has 1 amide bonds. The standard InChI is InChI=1S/C18H20N2O6S/c1-12-6-8-15(9-7-12)27(24,25)20-14-5-3-4-13(10-14)17(22)19-16(11-21)18(23)26-2/h3-10,16,20-21H,11H2,1-2H3,(H,19,22)/t16-/m0/s1. The summed E-state index contributed by atoms with van der Waals surface area (Å²) in [6.07, 6.45) is 0. The maximum atomic E-state index is 12.4. The first-order valence-electron chi connectivity index (χ1n) is 7.96. The van der Waals surface area contributed by atoms with Gasteiger partial charge in [0.25, 0.3) is 15.9 Å². The number of carbonyl (C=O) groups excluding carboxylic acids is 2. The SMILES string of the molecule is COC(=O)[C@H](CO)NC(=O)c1cccc(NS(=O)(=O)c2ccc(C)cc2)c1. The van der Waals surface area contributed by atoms with Crippen LogP contribution in [0.3, 0.4) is 0 Å². The number of sulfonamides is 1. The van der Waals surface area contributed by atoms with E-state index in [1.807, 2.05) is 6.92 Å². The van der Waals surface area contributed by atoms with E-state index in [0.29, 0.717) is 0 Å². The van der Waals surface area contributed by atoms with Crippen LogP contribution in [0.4, 0.5) is 5.69 Å². The Kier molecular flexibility index (Phi) is 6.54. The van der Waals surface area contributed by atoms with Crippen LogP contribution in [0.1, 0.15) is 15.9 Å². The molecule has 3 N–H and O–H groups in total. The number of aliphatic hydroxyl groups is 1. The highest BCUT2D eigenvalue weighted by atomic mass is 32.2. The number of rotatable bonds is 7. The zero-order valence-corrected chi connectivity index (χ0v) is 15.6. The lowest BCUT2D eigenvalue weighted by atomic mass is 10.2. The zero-order chi connectivity index (χ0) is 20.0. The van der Waals surface area contributed by atoms with Gasteiger partial charge in [0.2, 0.25) is 0 Å². The summed E-state index contributed by atoms with van der Waals surface area (Å²) in [6.45, 7) is 1.22. The first-order valence-corrected chi connectivity index (χ1v) is 9.44. The highest BCUT2D eigenvalue weighted by Gasteiger charge is 2.21. The predicted molar refractivity (Wildman–Crippen MR) is 98.8 cm³/mol. The van der Waals surface area contributed by atoms with Crippen molar-refractivity contribution in [2.75, 3.05) is 18.4 Å². The molecule has 27 heavy (non-hydrogen) atoms. The topological polar surface area (TPSA) is 122 Å². The van der Waals surface area contributed by atoms with Crippen molar-refractivity contribution in [3.8, 4) is 0 Å². The van der Waals surface area contributed by atoms with Gasteiger partial charge < -0.3 is 15.2 Å². The van der Waals surface area contributed by atoms with Gasteiger partial charge in [-0.15, -0.1) is 0 Å². The molecule has 9 heteroatoms. The summed E-state index contributed by atoms with van der Waals surface area (Å²) in [7, 11) is -2.68. The second-order valence-corrected chi connectivity index (χ2v) is 7.41. The van der Waals surface area contributed by atoms with E-state index in [0.717, 1.165) is 12.7 Å². The van der Waals surface area contributed by atoms with Gasteiger partial charge in [0.1, 0.15) is 0 Å². The van der Waals surface area contributed by atoms with Gasteiger partial charge in [0.15, 0.2) is 6.04 Å². The maximum Gasteiger partial charge on any atom is 0.330 e. The normalized spacial score (nSPS) is 12.1. The number of esters is 1. The number of hydrogen-bond donors (Lipinski definition) is 3. The van der Waals surface area contributed by atoms with Gasteiger partial charge in [0.05, 0.1) is 18.6 Å². The second kappa shape index (κ2) is 8.65. The lowest BCUT2D eigenvalue weighted by Gasteiger charge is -2.14. The Labute approximate surface area is 157 Å². The van der Waals surface area contributed by atoms with E-state index in [-0.39, 0.29) is 16.1 Å². The Bertz CT molecular complexity index is 925. The van der Waals surface area contributed by atoms with Crippen LogP contribution in [-0.4, -0.2) is 45.2 Å². The van der Waals surface area contributed by atoms with E-state index in [1.165, 1.54) is 36.4 Å². The minimum atomic E-state index is -3.81. The van der Waals surface area contributed by atoms with E-state index < -0.39 is 34.5 Å². The van der Waals surface area contributed by atoms with E-state index in [2.05, 4.69) is 14.8 Å². The number of amides is 1. The van der Waals surface area contributed by atoms with Gasteiger partial charge in [-0.3, -0.25) is 9.52 Å². The number of aliphatic hydroxyl groups excluding tert-OH is 1. The molecule has 0 aliphatic heterocycles. The van der Waals surface area contributed by atoms with E-state index in [4.69, 9.17) is 5.11 Å². The number of hydrogen-bond acceptors (Lipinski definition) is 6. The molecule has 0 aromatic heterocycles. The van der Waals surface area contributed by atoms with Crippen molar-refractivity contribution in [1.82, 2.24) is 5.32 Å². The number of nitrogens with one attached hydrogen (secondary N) is 2. The molecule has 1 atom stereocenters. The van der Waals surface area contributed by atoms with Crippen LogP contribution in [-0.2, 0) is 19.6 Å². The molecule has 0 fully saturated rings. The summed E-state index contributed by atoms with van der Waals surface area (Å²) in [5.74, 6) is -1.45. The predicted octanol–water partition coefficient (Wildman–Crippen LogP) is 1.06. The third-order valence-corrected chi connectivity index (χ3v) is 5.08. The van der Waals surface area contributed by atoms with Crippen molar-refractivity contribution in [2.45, 2.75) is 17.9 Å². The van der Waals surface area contributed by atoms with Gasteiger partial charge >= 0.3 is 5.97 Å². The largest absolute Gasteiger partial charge is 0.467 e. The molecule has 0 saturated heterocycles. The smallest absolute Gasteiger partial charge is 0.330 e. The van der Waals surface area contributed by atoms with Crippen molar-refractivity contribution >= 4 is 27.6 Å². The molecule has 0 spiro atoms. The number of ether oxygens (including phenoxy) is 1. The summed E-state index contributed by atoms with van der Waals surface area (Å²) in [5.41, 5.74) is 1.22. The Hall–Kier alpha value is -2.91. The van der Waals surface area contributed by atoms with Crippen molar-refractivity contribution in [3.05, 3.63) is 59.7 Å². The lowest BCUT2D eigenvalue weighted by Crippen LogP contribution is -2.44. The summed E-state index contributed by atoms with van der Waals surface area (Å²) < 4.78 is 31.8. The molecule has 0 aliphatic rings. The minimum Gasteiger partial charge on any atom is -0.467 e. The maximum absolute atomic E-state index is 12.4. The fourth-order valence-electron chi connectivity index (χ4n) is 2.22. The average Bonchev–Trinajstić information content (AvgIpc) is 2.65. The number of benzene rings is 2. The van der Waals surface area contributed by atoms with Crippen LogP contribution in [0.25, 0.3) is 0 Å². The minimum absolute atomic E-state index is 0.0917. The Morgan fingerprint density at radius 2 is 1.81 bits per heavy atom. The molecule has 2 aromatic carbocycles. The molecule has 0 bridgehead atoms. The number of carbonyl (C=O) groups is 2. The Balaban J connectivity index is 2.18. The molecule has 0 heterocycles. The van der Waals surface area contributed by atoms with Gasteiger partial charge in [-0.1, -0.05) is 23.8 Å². The van der Waals surface area contributed by atoms with Gasteiger partial charge in [-0.05, 0) is 37.3 Å². The first kappa shape index (κ1) is 20.4. The molecular weight excluding hydrogens is 372 g/mol. The average molecular weight is 392 g/mol. The highest BCUT2D eigenvalue weighted by Crippen LogP contribution is 2.18. The molecule has 144 valence electrons. The van der Waals surface area contributed by atoms with Crippen molar-refractivity contribution in [1.29, 1.82) is 0 Å². The molecule has 0 aliphatic carbocycles. The molecule has 2 aromatic rings. The number of anilines is 1. The fraction of sp³-hybridized carbons (Fsp3) is 0.222. The molecular formula is C18H20N2O6S. The third kappa shape index (κ3) is 5.28. The molecule has 0 radical (unpaired) electrons. The molecule has 0 unspecified atom stereocenters. The van der Waals surface area contributed by atoms with Crippen LogP contribution >= 0.6 is 0 Å². The monoisotopic (exact) mass is 392 g/mol. The van der Waals surface area contributed by atoms with E-state index >= 15 is 0 Å². The molecule has 2 rings (SSSR count). The van der Waals surface area contributed by atoms with Crippen LogP contribution in [0, 0.1) is 6.92 Å². The van der Waals surface area contributed by atoms with Gasteiger partial charge in [0, 0.05) is 11.3 Å². The summed E-state index contributed by atoms with van der Waals surface area (Å²) in [5, 5.41) is 11.5. The lowest BCUT2D eigenvalue weighted by molar-refractivity contribution is -0.143. The van der Waals surface area contributed by atoms with Gasteiger partial charge in [-0.25, -0.2) is 13.2 Å². The summed E-state index contributed by atoms with van der Waals surface area (Å²) >= 11 is 0. The van der Waals surface area contributed by atoms with Crippen molar-refractivity contribution in [3.63, 3.8) is 0 Å². The van der Waals surface area contributed by atoms with E-state index in [1.54, 1.807) is 12.1 Å². The third-order valence-electron chi connectivity index (χ3n) is 3.68. The van der Waals surface area contributed by atoms with E-state index in [9.17, 15) is 18.0 Å². The summed E-state index contributed by atoms with van der Waals surface area (Å²) in [4.78, 5) is 23.8. The zero-order valence-electron chi connectivity index (χ0n) is 14.8. The quantitative estimate of drug-likeness (QED) is 0.606. The van der Waals surface area contributed by atoms with Gasteiger partial charge in [-0.2, -0.15) is 0 Å². The van der Waals surface area contributed by atoms with Crippen LogP contribution in [0.2, 0.25) is 0 Å². The fourth-order valence-corrected chi connectivity index (χ4v) is 3.27. The number of methoxy groups -OCH3 is 1. The van der Waals surface area contributed by atoms with Crippen LogP contribution in [0.15, 0.2) is 53.4 Å². The second-order valence-electron chi connectivity index (χ2n) is 5.73. The first-order chi connectivity index (χ1) is 12.8.